The van der Waals surface area contributed by atoms with E-state index in [1.165, 1.54) is 17.1 Å². The number of hydrogen-bond acceptors (Lipinski definition) is 4. The zero-order chi connectivity index (χ0) is 15.3. The predicted molar refractivity (Wildman–Crippen MR) is 89.0 cm³/mol. The fourth-order valence-electron chi connectivity index (χ4n) is 1.90. The number of hydrogen-bond donors (Lipinski definition) is 2. The van der Waals surface area contributed by atoms with Crippen molar-refractivity contribution < 1.29 is 8.42 Å². The molecule has 118 valence electrons. The van der Waals surface area contributed by atoms with Gasteiger partial charge in [0.05, 0.1) is 0 Å². The van der Waals surface area contributed by atoms with E-state index in [9.17, 15) is 8.42 Å². The summed E-state index contributed by atoms with van der Waals surface area (Å²) in [6.07, 6.45) is 5.31. The topological polar surface area (TPSA) is 61.4 Å². The molecule has 2 N–H and O–H groups in total. The van der Waals surface area contributed by atoms with Crippen molar-refractivity contribution in [3.05, 3.63) is 24.3 Å². The summed E-state index contributed by atoms with van der Waals surface area (Å²) in [5.74, 6) is 0. The van der Waals surface area contributed by atoms with Gasteiger partial charge in [-0.1, -0.05) is 0 Å². The van der Waals surface area contributed by atoms with Gasteiger partial charge in [0.15, 0.2) is 0 Å². The molecule has 1 saturated carbocycles. The van der Waals surface area contributed by atoms with Crippen LogP contribution in [-0.4, -0.2) is 45.2 Å². The van der Waals surface area contributed by atoms with Crippen LogP contribution in [0.15, 0.2) is 29.2 Å². The van der Waals surface area contributed by atoms with Crippen LogP contribution in [-0.2, 0) is 10.2 Å². The van der Waals surface area contributed by atoms with Gasteiger partial charge < -0.3 is 5.32 Å². The summed E-state index contributed by atoms with van der Waals surface area (Å²) >= 11 is 1.63. The van der Waals surface area contributed by atoms with Crippen LogP contribution in [0.25, 0.3) is 0 Å². The Bertz CT molecular complexity index is 542. The molecule has 0 spiro atoms. The molecule has 1 aliphatic carbocycles. The molecule has 0 aromatic heterocycles. The molecule has 1 fully saturated rings. The Labute approximate surface area is 131 Å². The van der Waals surface area contributed by atoms with Gasteiger partial charge in [0.2, 0.25) is 0 Å². The second-order valence-corrected chi connectivity index (χ2v) is 7.90. The minimum Gasteiger partial charge on any atom is -0.314 e. The molecule has 0 radical (unpaired) electrons. The number of rotatable bonds is 9. The van der Waals surface area contributed by atoms with Crippen molar-refractivity contribution in [2.45, 2.75) is 30.2 Å². The van der Waals surface area contributed by atoms with Gasteiger partial charge in [0.1, 0.15) is 0 Å². The highest BCUT2D eigenvalue weighted by atomic mass is 32.2. The normalized spacial score (nSPS) is 15.4. The first-order valence-electron chi connectivity index (χ1n) is 7.13. The minimum atomic E-state index is -3.47. The molecule has 0 unspecified atom stereocenters. The van der Waals surface area contributed by atoms with Crippen LogP contribution >= 0.6 is 11.8 Å². The fraction of sp³-hybridized carbons (Fsp3) is 0.571. The average Bonchev–Trinajstić information content (AvgIpc) is 3.28. The molecule has 0 aliphatic heterocycles. The number of anilines is 1. The molecule has 0 saturated heterocycles. The van der Waals surface area contributed by atoms with E-state index in [1.807, 2.05) is 18.4 Å². The molecule has 0 atom stereocenters. The highest BCUT2D eigenvalue weighted by Gasteiger charge is 2.20. The number of benzene rings is 1. The molecule has 0 bridgehead atoms. The predicted octanol–water partition coefficient (Wildman–Crippen LogP) is 2.14. The van der Waals surface area contributed by atoms with Crippen molar-refractivity contribution in [1.82, 2.24) is 9.62 Å². The van der Waals surface area contributed by atoms with Gasteiger partial charge in [0.25, 0.3) is 0 Å². The first-order valence-corrected chi connectivity index (χ1v) is 9.79. The molecule has 0 heterocycles. The highest BCUT2D eigenvalue weighted by Crippen LogP contribution is 2.19. The minimum absolute atomic E-state index is 0.512. The summed E-state index contributed by atoms with van der Waals surface area (Å²) < 4.78 is 28.3. The van der Waals surface area contributed by atoms with E-state index in [-0.39, 0.29) is 0 Å². The Kier molecular flexibility index (Phi) is 5.92. The van der Waals surface area contributed by atoms with Gasteiger partial charge in [-0.2, -0.15) is 12.7 Å². The average molecular weight is 329 g/mol. The third-order valence-electron chi connectivity index (χ3n) is 3.41. The van der Waals surface area contributed by atoms with Crippen molar-refractivity contribution in [3.63, 3.8) is 0 Å². The molecule has 0 amide bonds. The molecular formula is C14H23N3O2S2. The van der Waals surface area contributed by atoms with E-state index in [4.69, 9.17) is 0 Å². The third kappa shape index (κ3) is 5.50. The van der Waals surface area contributed by atoms with E-state index in [0.29, 0.717) is 18.3 Å². The first-order chi connectivity index (χ1) is 10.0. The smallest absolute Gasteiger partial charge is 0.301 e. The van der Waals surface area contributed by atoms with Gasteiger partial charge in [-0.15, -0.1) is 11.8 Å². The fourth-order valence-corrected chi connectivity index (χ4v) is 3.27. The van der Waals surface area contributed by atoms with Gasteiger partial charge in [0, 0.05) is 30.2 Å². The number of nitrogens with zero attached hydrogens (tertiary/aromatic N) is 1. The molecule has 1 aromatic carbocycles. The van der Waals surface area contributed by atoms with E-state index in [2.05, 4.69) is 10.0 Å². The lowest BCUT2D eigenvalue weighted by molar-refractivity contribution is 0.458. The summed E-state index contributed by atoms with van der Waals surface area (Å²) in [4.78, 5) is 1.11. The summed E-state index contributed by atoms with van der Waals surface area (Å²) in [6, 6.07) is 8.04. The Morgan fingerprint density at radius 3 is 2.52 bits per heavy atom. The SMILES string of the molecule is CSc1ccc(NS(=O)(=O)N(C)CCCNC2CC2)cc1. The van der Waals surface area contributed by atoms with Crippen LogP contribution in [0.4, 0.5) is 5.69 Å². The monoisotopic (exact) mass is 329 g/mol. The molecular weight excluding hydrogens is 306 g/mol. The van der Waals surface area contributed by atoms with E-state index >= 15 is 0 Å². The van der Waals surface area contributed by atoms with Crippen molar-refractivity contribution >= 4 is 27.7 Å². The highest BCUT2D eigenvalue weighted by molar-refractivity contribution is 7.98. The number of nitrogens with one attached hydrogen (secondary N) is 2. The van der Waals surface area contributed by atoms with Gasteiger partial charge >= 0.3 is 10.2 Å². The maximum Gasteiger partial charge on any atom is 0.301 e. The second-order valence-electron chi connectivity index (χ2n) is 5.24. The van der Waals surface area contributed by atoms with Gasteiger partial charge in [-0.05, 0) is 56.3 Å². The van der Waals surface area contributed by atoms with Crippen LogP contribution in [0.2, 0.25) is 0 Å². The van der Waals surface area contributed by atoms with Crippen LogP contribution < -0.4 is 10.0 Å². The molecule has 1 aromatic rings. The van der Waals surface area contributed by atoms with Crippen molar-refractivity contribution in [2.24, 2.45) is 0 Å². The summed E-state index contributed by atoms with van der Waals surface area (Å²) in [5.41, 5.74) is 0.593. The van der Waals surface area contributed by atoms with Crippen LogP contribution in [0.5, 0.6) is 0 Å². The quantitative estimate of drug-likeness (QED) is 0.538. The Hall–Kier alpha value is -0.760. The van der Waals surface area contributed by atoms with E-state index in [0.717, 1.165) is 17.9 Å². The largest absolute Gasteiger partial charge is 0.314 e. The lowest BCUT2D eigenvalue weighted by Crippen LogP contribution is -2.34. The molecule has 1 aliphatic rings. The Morgan fingerprint density at radius 2 is 1.95 bits per heavy atom. The maximum atomic E-state index is 12.2. The molecule has 5 nitrogen and oxygen atoms in total. The second kappa shape index (κ2) is 7.49. The van der Waals surface area contributed by atoms with Crippen LogP contribution in [0.3, 0.4) is 0 Å². The summed E-state index contributed by atoms with van der Waals surface area (Å²) in [7, 11) is -1.86. The maximum absolute atomic E-state index is 12.2. The standard InChI is InChI=1S/C14H23N3O2S2/c1-17(11-3-10-15-12-4-5-12)21(18,19)16-13-6-8-14(20-2)9-7-13/h6-9,12,15-16H,3-5,10-11H2,1-2H3. The van der Waals surface area contributed by atoms with Gasteiger partial charge in [-0.25, -0.2) is 0 Å². The molecule has 21 heavy (non-hydrogen) atoms. The third-order valence-corrected chi connectivity index (χ3v) is 5.65. The Morgan fingerprint density at radius 1 is 1.29 bits per heavy atom. The van der Waals surface area contributed by atoms with Crippen molar-refractivity contribution in [1.29, 1.82) is 0 Å². The number of thioether (sulfide) groups is 1. The summed E-state index contributed by atoms with van der Waals surface area (Å²) in [5, 5.41) is 3.38. The van der Waals surface area contributed by atoms with Crippen LogP contribution in [0, 0.1) is 0 Å². The van der Waals surface area contributed by atoms with Crippen molar-refractivity contribution in [3.8, 4) is 0 Å². The summed E-state index contributed by atoms with van der Waals surface area (Å²) in [6.45, 7) is 1.38. The lowest BCUT2D eigenvalue weighted by Gasteiger charge is -2.18. The lowest BCUT2D eigenvalue weighted by atomic mass is 10.3. The van der Waals surface area contributed by atoms with Crippen molar-refractivity contribution in [2.75, 3.05) is 31.1 Å². The van der Waals surface area contributed by atoms with Gasteiger partial charge in [-0.3, -0.25) is 4.72 Å². The van der Waals surface area contributed by atoms with Crippen LogP contribution in [0.1, 0.15) is 19.3 Å². The zero-order valence-corrected chi connectivity index (χ0v) is 14.1. The van der Waals surface area contributed by atoms with E-state index < -0.39 is 10.2 Å². The first kappa shape index (κ1) is 16.6. The van der Waals surface area contributed by atoms with E-state index in [1.54, 1.807) is 30.9 Å². The Balaban J connectivity index is 1.80. The molecule has 7 heteroatoms. The molecule has 2 rings (SSSR count). The zero-order valence-electron chi connectivity index (χ0n) is 12.5.